The molecule has 1 unspecified atom stereocenters. The fourth-order valence-electron chi connectivity index (χ4n) is 1.54. The van der Waals surface area contributed by atoms with Gasteiger partial charge in [0.05, 0.1) is 12.7 Å². The minimum absolute atomic E-state index is 0.00898. The average molecular weight is 239 g/mol. The van der Waals surface area contributed by atoms with Gasteiger partial charge in [-0.15, -0.1) is 0 Å². The first kappa shape index (κ1) is 13.7. The van der Waals surface area contributed by atoms with E-state index in [2.05, 4.69) is 15.6 Å². The molecule has 0 saturated carbocycles. The van der Waals surface area contributed by atoms with Gasteiger partial charge in [0.25, 0.3) is 0 Å². The van der Waals surface area contributed by atoms with Gasteiger partial charge in [-0.05, 0) is 13.5 Å². The molecular formula is C12H21N3O2. The van der Waals surface area contributed by atoms with Crippen molar-refractivity contribution in [2.24, 2.45) is 0 Å². The Morgan fingerprint density at radius 3 is 2.88 bits per heavy atom. The molecule has 0 aliphatic carbocycles. The summed E-state index contributed by atoms with van der Waals surface area (Å²) in [6, 6.07) is 0.191. The van der Waals surface area contributed by atoms with Gasteiger partial charge < -0.3 is 15.1 Å². The van der Waals surface area contributed by atoms with Crippen molar-refractivity contribution >= 4 is 5.91 Å². The van der Waals surface area contributed by atoms with E-state index in [0.717, 1.165) is 18.7 Å². The van der Waals surface area contributed by atoms with E-state index in [0.29, 0.717) is 18.9 Å². The van der Waals surface area contributed by atoms with Crippen molar-refractivity contribution in [3.05, 3.63) is 17.8 Å². The molecule has 17 heavy (non-hydrogen) atoms. The van der Waals surface area contributed by atoms with Gasteiger partial charge in [-0.2, -0.15) is 0 Å². The van der Waals surface area contributed by atoms with Crippen LogP contribution in [0.2, 0.25) is 0 Å². The Balaban J connectivity index is 2.27. The number of carbonyl (C=O) groups excluding carboxylic acids is 1. The third kappa shape index (κ3) is 4.99. The molecule has 5 heteroatoms. The van der Waals surface area contributed by atoms with Crippen LogP contribution in [0.1, 0.15) is 38.8 Å². The highest BCUT2D eigenvalue weighted by Crippen LogP contribution is 2.03. The molecule has 1 amide bonds. The Labute approximate surface area is 102 Å². The Hall–Kier alpha value is -1.36. The Morgan fingerprint density at radius 1 is 1.53 bits per heavy atom. The standard InChI is InChI=1S/C12H21N3O2/c1-4-10-7-15-12(17-10)8-14-11(16)6-9(3)13-5-2/h7,9,13H,4-6,8H2,1-3H3,(H,14,16). The molecule has 96 valence electrons. The summed E-state index contributed by atoms with van der Waals surface area (Å²) in [7, 11) is 0. The summed E-state index contributed by atoms with van der Waals surface area (Å²) < 4.78 is 5.39. The average Bonchev–Trinajstić information content (AvgIpc) is 2.74. The van der Waals surface area contributed by atoms with Crippen molar-refractivity contribution < 1.29 is 9.21 Å². The van der Waals surface area contributed by atoms with Crippen LogP contribution in [0.5, 0.6) is 0 Å². The van der Waals surface area contributed by atoms with Crippen molar-refractivity contribution in [2.75, 3.05) is 6.54 Å². The zero-order valence-corrected chi connectivity index (χ0v) is 10.7. The summed E-state index contributed by atoms with van der Waals surface area (Å²) in [6.07, 6.45) is 2.98. The number of carbonyl (C=O) groups is 1. The first-order valence-corrected chi connectivity index (χ1v) is 6.09. The maximum absolute atomic E-state index is 11.6. The lowest BCUT2D eigenvalue weighted by molar-refractivity contribution is -0.121. The molecule has 0 fully saturated rings. The smallest absolute Gasteiger partial charge is 0.221 e. The van der Waals surface area contributed by atoms with E-state index in [9.17, 15) is 4.79 Å². The van der Waals surface area contributed by atoms with Crippen molar-refractivity contribution in [1.82, 2.24) is 15.6 Å². The second-order valence-electron chi connectivity index (χ2n) is 4.01. The zero-order chi connectivity index (χ0) is 12.7. The molecule has 0 radical (unpaired) electrons. The second kappa shape index (κ2) is 7.06. The van der Waals surface area contributed by atoms with Gasteiger partial charge in [0.15, 0.2) is 0 Å². The summed E-state index contributed by atoms with van der Waals surface area (Å²) in [5, 5.41) is 5.98. The predicted octanol–water partition coefficient (Wildman–Crippen LogP) is 1.24. The highest BCUT2D eigenvalue weighted by Gasteiger charge is 2.09. The fourth-order valence-corrected chi connectivity index (χ4v) is 1.54. The molecule has 0 saturated heterocycles. The van der Waals surface area contributed by atoms with E-state index in [1.165, 1.54) is 0 Å². The maximum atomic E-state index is 11.6. The summed E-state index contributed by atoms with van der Waals surface area (Å²) in [5.41, 5.74) is 0. The van der Waals surface area contributed by atoms with Crippen LogP contribution in [0, 0.1) is 0 Å². The van der Waals surface area contributed by atoms with Gasteiger partial charge >= 0.3 is 0 Å². The first-order chi connectivity index (χ1) is 8.15. The van der Waals surface area contributed by atoms with Crippen LogP contribution in [0.25, 0.3) is 0 Å². The van der Waals surface area contributed by atoms with Crippen molar-refractivity contribution in [3.8, 4) is 0 Å². The monoisotopic (exact) mass is 239 g/mol. The molecule has 1 rings (SSSR count). The summed E-state index contributed by atoms with van der Waals surface area (Å²) in [5.74, 6) is 1.41. The minimum Gasteiger partial charge on any atom is -0.444 e. The molecular weight excluding hydrogens is 218 g/mol. The van der Waals surface area contributed by atoms with E-state index in [1.807, 2.05) is 20.8 Å². The number of hydrogen-bond acceptors (Lipinski definition) is 4. The number of oxazole rings is 1. The molecule has 1 aromatic rings. The van der Waals surface area contributed by atoms with Crippen LogP contribution in [0.4, 0.5) is 0 Å². The maximum Gasteiger partial charge on any atom is 0.221 e. The second-order valence-corrected chi connectivity index (χ2v) is 4.01. The van der Waals surface area contributed by atoms with E-state index < -0.39 is 0 Å². The Bertz CT molecular complexity index is 349. The topological polar surface area (TPSA) is 67.2 Å². The van der Waals surface area contributed by atoms with Crippen molar-refractivity contribution in [1.29, 1.82) is 0 Å². The van der Waals surface area contributed by atoms with Crippen LogP contribution in [-0.4, -0.2) is 23.5 Å². The Kier molecular flexibility index (Phi) is 5.69. The third-order valence-electron chi connectivity index (χ3n) is 2.43. The van der Waals surface area contributed by atoms with Gasteiger partial charge in [-0.1, -0.05) is 13.8 Å². The first-order valence-electron chi connectivity index (χ1n) is 6.09. The number of aromatic nitrogens is 1. The lowest BCUT2D eigenvalue weighted by Crippen LogP contribution is -2.33. The van der Waals surface area contributed by atoms with Crippen molar-refractivity contribution in [3.63, 3.8) is 0 Å². The minimum atomic E-state index is 0.00898. The molecule has 0 spiro atoms. The van der Waals surface area contributed by atoms with E-state index in [-0.39, 0.29) is 11.9 Å². The molecule has 1 heterocycles. The number of nitrogens with zero attached hydrogens (tertiary/aromatic N) is 1. The molecule has 0 aromatic carbocycles. The summed E-state index contributed by atoms with van der Waals surface area (Å²) >= 11 is 0. The van der Waals surface area contributed by atoms with Crippen LogP contribution < -0.4 is 10.6 Å². The van der Waals surface area contributed by atoms with Gasteiger partial charge in [-0.25, -0.2) is 4.98 Å². The van der Waals surface area contributed by atoms with E-state index in [1.54, 1.807) is 6.20 Å². The molecule has 2 N–H and O–H groups in total. The van der Waals surface area contributed by atoms with Gasteiger partial charge in [0.1, 0.15) is 5.76 Å². The van der Waals surface area contributed by atoms with E-state index >= 15 is 0 Å². The Morgan fingerprint density at radius 2 is 2.29 bits per heavy atom. The number of hydrogen-bond donors (Lipinski definition) is 2. The highest BCUT2D eigenvalue weighted by atomic mass is 16.4. The lowest BCUT2D eigenvalue weighted by atomic mass is 10.2. The van der Waals surface area contributed by atoms with Gasteiger partial charge in [-0.3, -0.25) is 4.79 Å². The van der Waals surface area contributed by atoms with Gasteiger partial charge in [0, 0.05) is 18.9 Å². The van der Waals surface area contributed by atoms with Crippen LogP contribution in [-0.2, 0) is 17.8 Å². The van der Waals surface area contributed by atoms with Crippen LogP contribution >= 0.6 is 0 Å². The number of aryl methyl sites for hydroxylation is 1. The molecule has 5 nitrogen and oxygen atoms in total. The van der Waals surface area contributed by atoms with Crippen LogP contribution in [0.15, 0.2) is 10.6 Å². The third-order valence-corrected chi connectivity index (χ3v) is 2.43. The summed E-state index contributed by atoms with van der Waals surface area (Å²) in [6.45, 7) is 7.24. The van der Waals surface area contributed by atoms with Crippen molar-refractivity contribution in [2.45, 2.75) is 46.2 Å². The normalized spacial score (nSPS) is 12.4. The number of amides is 1. The molecule has 0 aliphatic rings. The van der Waals surface area contributed by atoms with Gasteiger partial charge in [0.2, 0.25) is 11.8 Å². The SMILES string of the molecule is CCNC(C)CC(=O)NCc1ncc(CC)o1. The molecule has 0 aliphatic heterocycles. The quantitative estimate of drug-likeness (QED) is 0.751. The number of nitrogens with one attached hydrogen (secondary N) is 2. The molecule has 1 aromatic heterocycles. The largest absolute Gasteiger partial charge is 0.444 e. The fraction of sp³-hybridized carbons (Fsp3) is 0.667. The summed E-state index contributed by atoms with van der Waals surface area (Å²) in [4.78, 5) is 15.6. The zero-order valence-electron chi connectivity index (χ0n) is 10.7. The number of rotatable bonds is 7. The molecule has 1 atom stereocenters. The van der Waals surface area contributed by atoms with Crippen LogP contribution in [0.3, 0.4) is 0 Å². The lowest BCUT2D eigenvalue weighted by Gasteiger charge is -2.11. The molecule has 0 bridgehead atoms. The predicted molar refractivity (Wildman–Crippen MR) is 65.5 cm³/mol. The van der Waals surface area contributed by atoms with E-state index in [4.69, 9.17) is 4.42 Å². The highest BCUT2D eigenvalue weighted by molar-refractivity contribution is 5.76.